The van der Waals surface area contributed by atoms with Crippen LogP contribution < -0.4 is 5.32 Å². The van der Waals surface area contributed by atoms with Crippen molar-refractivity contribution in [2.75, 3.05) is 32.0 Å². The van der Waals surface area contributed by atoms with Crippen molar-refractivity contribution >= 4 is 35.0 Å². The van der Waals surface area contributed by atoms with E-state index >= 15 is 0 Å². The number of nitrogens with one attached hydrogen (secondary N) is 1. The van der Waals surface area contributed by atoms with Crippen molar-refractivity contribution in [2.24, 2.45) is 11.8 Å². The third-order valence-electron chi connectivity index (χ3n) is 5.05. The number of piperidine rings is 1. The maximum atomic E-state index is 13.2. The number of carbonyl (C=O) groups is 3. The molecule has 1 unspecified atom stereocenters. The Hall–Kier alpha value is -2.15. The number of benzene rings is 1. The number of halogens is 2. The van der Waals surface area contributed by atoms with Gasteiger partial charge in [0.2, 0.25) is 17.7 Å². The smallest absolute Gasteiger partial charge is 0.227 e. The molecule has 0 saturated carbocycles. The predicted octanol–water partition coefficient (Wildman–Crippen LogP) is 2.13. The normalized spacial score (nSPS) is 21.2. The molecule has 0 aromatic heterocycles. The zero-order valence-electron chi connectivity index (χ0n) is 14.5. The molecule has 0 radical (unpaired) electrons. The van der Waals surface area contributed by atoms with E-state index in [1.165, 1.54) is 18.2 Å². The maximum Gasteiger partial charge on any atom is 0.227 e. The van der Waals surface area contributed by atoms with Crippen LogP contribution in [0.3, 0.4) is 0 Å². The number of hydrogen-bond donors (Lipinski definition) is 1. The van der Waals surface area contributed by atoms with E-state index in [0.29, 0.717) is 38.2 Å². The van der Waals surface area contributed by atoms with Crippen molar-refractivity contribution in [1.29, 1.82) is 0 Å². The van der Waals surface area contributed by atoms with Gasteiger partial charge in [-0.1, -0.05) is 11.6 Å². The van der Waals surface area contributed by atoms with E-state index in [-0.39, 0.29) is 41.0 Å². The fourth-order valence-corrected chi connectivity index (χ4v) is 3.65. The van der Waals surface area contributed by atoms with Crippen LogP contribution in [0.2, 0.25) is 5.02 Å². The summed E-state index contributed by atoms with van der Waals surface area (Å²) in [4.78, 5) is 39.8. The molecule has 2 fully saturated rings. The van der Waals surface area contributed by atoms with E-state index in [9.17, 15) is 18.8 Å². The van der Waals surface area contributed by atoms with Gasteiger partial charge in [0, 0.05) is 44.7 Å². The van der Waals surface area contributed by atoms with E-state index in [4.69, 9.17) is 11.6 Å². The highest BCUT2D eigenvalue weighted by molar-refractivity contribution is 6.31. The van der Waals surface area contributed by atoms with Crippen LogP contribution in [0.5, 0.6) is 0 Å². The summed E-state index contributed by atoms with van der Waals surface area (Å²) in [5.74, 6) is -1.19. The Labute approximate surface area is 156 Å². The minimum atomic E-state index is -0.535. The van der Waals surface area contributed by atoms with Crippen LogP contribution in [0.15, 0.2) is 18.2 Å². The van der Waals surface area contributed by atoms with Gasteiger partial charge in [-0.05, 0) is 31.0 Å². The number of amides is 3. The Kier molecular flexibility index (Phi) is 5.46. The average Bonchev–Trinajstić information content (AvgIpc) is 2.96. The molecule has 2 heterocycles. The second-order valence-electron chi connectivity index (χ2n) is 6.89. The molecule has 26 heavy (non-hydrogen) atoms. The summed E-state index contributed by atoms with van der Waals surface area (Å²) in [6, 6.07) is 4.05. The van der Waals surface area contributed by atoms with Crippen LogP contribution in [0.25, 0.3) is 0 Å². The molecule has 3 amide bonds. The van der Waals surface area contributed by atoms with Gasteiger partial charge in [-0.25, -0.2) is 4.39 Å². The average molecular weight is 382 g/mol. The molecule has 1 atom stereocenters. The fourth-order valence-electron chi connectivity index (χ4n) is 3.47. The van der Waals surface area contributed by atoms with E-state index in [1.807, 2.05) is 0 Å². The summed E-state index contributed by atoms with van der Waals surface area (Å²) < 4.78 is 13.2. The molecule has 2 saturated heterocycles. The first-order valence-corrected chi connectivity index (χ1v) is 9.01. The first-order valence-electron chi connectivity index (χ1n) is 8.64. The van der Waals surface area contributed by atoms with Crippen molar-refractivity contribution in [3.63, 3.8) is 0 Å². The van der Waals surface area contributed by atoms with Gasteiger partial charge in [-0.2, -0.15) is 0 Å². The molecular weight excluding hydrogens is 361 g/mol. The van der Waals surface area contributed by atoms with Gasteiger partial charge in [0.1, 0.15) is 5.82 Å². The molecule has 0 bridgehead atoms. The van der Waals surface area contributed by atoms with E-state index in [0.717, 1.165) is 0 Å². The third kappa shape index (κ3) is 3.98. The standard InChI is InChI=1S/C18H21ClFN3O3/c1-22-10-12(8-16(22)24)18(26)23-6-4-11(5-7-23)17(25)21-13-2-3-15(20)14(19)9-13/h2-3,9,11-12H,4-8,10H2,1H3,(H,21,25). The van der Waals surface area contributed by atoms with Crippen molar-refractivity contribution in [2.45, 2.75) is 19.3 Å². The maximum absolute atomic E-state index is 13.2. The number of hydrogen-bond acceptors (Lipinski definition) is 3. The first kappa shape index (κ1) is 18.6. The second kappa shape index (κ2) is 7.61. The second-order valence-corrected chi connectivity index (χ2v) is 7.30. The van der Waals surface area contributed by atoms with E-state index in [2.05, 4.69) is 5.32 Å². The first-order chi connectivity index (χ1) is 12.3. The van der Waals surface area contributed by atoms with Gasteiger partial charge in [0.25, 0.3) is 0 Å². The Morgan fingerprint density at radius 2 is 1.92 bits per heavy atom. The van der Waals surface area contributed by atoms with Crippen molar-refractivity contribution < 1.29 is 18.8 Å². The lowest BCUT2D eigenvalue weighted by Gasteiger charge is -2.32. The van der Waals surface area contributed by atoms with Gasteiger partial charge < -0.3 is 15.1 Å². The lowest BCUT2D eigenvalue weighted by molar-refractivity contribution is -0.138. The molecule has 2 aliphatic rings. The molecule has 8 heteroatoms. The Morgan fingerprint density at radius 1 is 1.23 bits per heavy atom. The molecule has 2 aliphatic heterocycles. The van der Waals surface area contributed by atoms with E-state index in [1.54, 1.807) is 16.8 Å². The highest BCUT2D eigenvalue weighted by atomic mass is 35.5. The predicted molar refractivity (Wildman–Crippen MR) is 95.1 cm³/mol. The van der Waals surface area contributed by atoms with Crippen LogP contribution >= 0.6 is 11.6 Å². The Morgan fingerprint density at radius 3 is 2.50 bits per heavy atom. The number of nitrogens with zero attached hydrogens (tertiary/aromatic N) is 2. The number of likely N-dealkylation sites (tertiary alicyclic amines) is 2. The minimum Gasteiger partial charge on any atom is -0.345 e. The molecule has 1 N–H and O–H groups in total. The molecule has 1 aromatic rings. The summed E-state index contributed by atoms with van der Waals surface area (Å²) in [6.07, 6.45) is 1.38. The van der Waals surface area contributed by atoms with Crippen LogP contribution in [-0.2, 0) is 14.4 Å². The summed E-state index contributed by atoms with van der Waals surface area (Å²) >= 11 is 5.72. The SMILES string of the molecule is CN1CC(C(=O)N2CCC(C(=O)Nc3ccc(F)c(Cl)c3)CC2)CC1=O. The highest BCUT2D eigenvalue weighted by Crippen LogP contribution is 2.25. The lowest BCUT2D eigenvalue weighted by atomic mass is 9.94. The monoisotopic (exact) mass is 381 g/mol. The van der Waals surface area contributed by atoms with Crippen molar-refractivity contribution in [3.05, 3.63) is 29.0 Å². The zero-order chi connectivity index (χ0) is 18.8. The van der Waals surface area contributed by atoms with Crippen LogP contribution in [0.1, 0.15) is 19.3 Å². The van der Waals surface area contributed by atoms with Gasteiger partial charge >= 0.3 is 0 Å². The van der Waals surface area contributed by atoms with Gasteiger partial charge in [-0.15, -0.1) is 0 Å². The van der Waals surface area contributed by atoms with Crippen molar-refractivity contribution in [3.8, 4) is 0 Å². The summed E-state index contributed by atoms with van der Waals surface area (Å²) in [6.45, 7) is 1.45. The van der Waals surface area contributed by atoms with Gasteiger partial charge in [0.15, 0.2) is 0 Å². The van der Waals surface area contributed by atoms with Crippen LogP contribution in [-0.4, -0.2) is 54.2 Å². The molecule has 3 rings (SSSR count). The molecule has 1 aromatic carbocycles. The molecular formula is C18H21ClFN3O3. The van der Waals surface area contributed by atoms with E-state index < -0.39 is 5.82 Å². The lowest BCUT2D eigenvalue weighted by Crippen LogP contribution is -2.44. The summed E-state index contributed by atoms with van der Waals surface area (Å²) in [5, 5.41) is 2.70. The quantitative estimate of drug-likeness (QED) is 0.872. The summed E-state index contributed by atoms with van der Waals surface area (Å²) in [5.41, 5.74) is 0.451. The molecule has 140 valence electrons. The Balaban J connectivity index is 1.51. The Bertz CT molecular complexity index is 734. The van der Waals surface area contributed by atoms with Crippen molar-refractivity contribution in [1.82, 2.24) is 9.80 Å². The fraction of sp³-hybridized carbons (Fsp3) is 0.500. The topological polar surface area (TPSA) is 69.7 Å². The molecule has 0 spiro atoms. The number of carbonyl (C=O) groups excluding carboxylic acids is 3. The van der Waals surface area contributed by atoms with Gasteiger partial charge in [0.05, 0.1) is 10.9 Å². The zero-order valence-corrected chi connectivity index (χ0v) is 15.3. The highest BCUT2D eigenvalue weighted by Gasteiger charge is 2.36. The summed E-state index contributed by atoms with van der Waals surface area (Å²) in [7, 11) is 1.70. The number of anilines is 1. The van der Waals surface area contributed by atoms with Gasteiger partial charge in [-0.3, -0.25) is 14.4 Å². The minimum absolute atomic E-state index is 0.00410. The van der Waals surface area contributed by atoms with Crippen LogP contribution in [0, 0.1) is 17.7 Å². The third-order valence-corrected chi connectivity index (χ3v) is 5.34. The molecule has 6 nitrogen and oxygen atoms in total. The van der Waals surface area contributed by atoms with Crippen LogP contribution in [0.4, 0.5) is 10.1 Å². The number of rotatable bonds is 3. The molecule has 0 aliphatic carbocycles. The largest absolute Gasteiger partial charge is 0.345 e.